The normalized spacial score (nSPS) is 13.8. The van der Waals surface area contributed by atoms with Gasteiger partial charge in [0.2, 0.25) is 5.88 Å². The van der Waals surface area contributed by atoms with Crippen molar-refractivity contribution in [2.75, 3.05) is 5.73 Å². The van der Waals surface area contributed by atoms with Gasteiger partial charge in [0.1, 0.15) is 11.6 Å². The third kappa shape index (κ3) is 3.88. The van der Waals surface area contributed by atoms with E-state index in [-0.39, 0.29) is 11.5 Å². The van der Waals surface area contributed by atoms with Crippen molar-refractivity contribution in [3.8, 4) is 5.88 Å². The SMILES string of the molecule is CC(C)C(C)Oc1cc(N)nc(C(C)(C)C)n1. The van der Waals surface area contributed by atoms with Gasteiger partial charge < -0.3 is 10.5 Å². The van der Waals surface area contributed by atoms with Crippen LogP contribution in [0, 0.1) is 5.92 Å². The molecule has 2 N–H and O–H groups in total. The molecule has 0 aromatic carbocycles. The second kappa shape index (κ2) is 4.90. The molecule has 4 nitrogen and oxygen atoms in total. The van der Waals surface area contributed by atoms with E-state index in [1.807, 2.05) is 6.92 Å². The minimum absolute atomic E-state index is 0.108. The number of nitrogens with two attached hydrogens (primary N) is 1. The van der Waals surface area contributed by atoms with E-state index in [1.165, 1.54) is 0 Å². The smallest absolute Gasteiger partial charge is 0.219 e. The molecular formula is C13H23N3O. The Hall–Kier alpha value is -1.32. The van der Waals surface area contributed by atoms with Gasteiger partial charge in [-0.1, -0.05) is 34.6 Å². The summed E-state index contributed by atoms with van der Waals surface area (Å²) in [4.78, 5) is 8.66. The fourth-order valence-corrected chi connectivity index (χ4v) is 1.17. The van der Waals surface area contributed by atoms with Crippen LogP contribution in [0.2, 0.25) is 0 Å². The van der Waals surface area contributed by atoms with Crippen molar-refractivity contribution in [1.29, 1.82) is 0 Å². The molecule has 0 saturated carbocycles. The molecule has 0 bridgehead atoms. The van der Waals surface area contributed by atoms with Gasteiger partial charge in [-0.25, -0.2) is 4.98 Å². The lowest BCUT2D eigenvalue weighted by molar-refractivity contribution is 0.162. The van der Waals surface area contributed by atoms with E-state index >= 15 is 0 Å². The zero-order valence-electron chi connectivity index (χ0n) is 11.6. The van der Waals surface area contributed by atoms with Crippen molar-refractivity contribution >= 4 is 5.82 Å². The Labute approximate surface area is 104 Å². The second-order valence-corrected chi connectivity index (χ2v) is 5.77. The van der Waals surface area contributed by atoms with Gasteiger partial charge in [0, 0.05) is 11.5 Å². The molecule has 0 aliphatic rings. The van der Waals surface area contributed by atoms with Crippen molar-refractivity contribution in [1.82, 2.24) is 9.97 Å². The summed E-state index contributed by atoms with van der Waals surface area (Å²) in [6.07, 6.45) is 0.108. The Morgan fingerprint density at radius 1 is 1.18 bits per heavy atom. The average molecular weight is 237 g/mol. The molecule has 1 aromatic heterocycles. The van der Waals surface area contributed by atoms with E-state index in [9.17, 15) is 0 Å². The van der Waals surface area contributed by atoms with Crippen LogP contribution in [-0.2, 0) is 5.41 Å². The summed E-state index contributed by atoms with van der Waals surface area (Å²) in [6.45, 7) is 12.4. The van der Waals surface area contributed by atoms with E-state index in [4.69, 9.17) is 10.5 Å². The maximum Gasteiger partial charge on any atom is 0.219 e. The molecule has 0 aliphatic heterocycles. The van der Waals surface area contributed by atoms with Crippen LogP contribution in [0.4, 0.5) is 5.82 Å². The second-order valence-electron chi connectivity index (χ2n) is 5.77. The lowest BCUT2D eigenvalue weighted by Crippen LogP contribution is -2.22. The average Bonchev–Trinajstić information content (AvgIpc) is 2.15. The van der Waals surface area contributed by atoms with Gasteiger partial charge >= 0.3 is 0 Å². The molecule has 0 spiro atoms. The van der Waals surface area contributed by atoms with E-state index in [2.05, 4.69) is 44.6 Å². The van der Waals surface area contributed by atoms with Gasteiger partial charge in [-0.3, -0.25) is 0 Å². The standard InChI is InChI=1S/C13H23N3O/c1-8(2)9(3)17-11-7-10(14)15-12(16-11)13(4,5)6/h7-9H,1-6H3,(H2,14,15,16). The predicted molar refractivity (Wildman–Crippen MR) is 70.1 cm³/mol. The Morgan fingerprint density at radius 2 is 1.76 bits per heavy atom. The first-order valence-electron chi connectivity index (χ1n) is 6.02. The van der Waals surface area contributed by atoms with E-state index in [0.717, 1.165) is 0 Å². The first-order valence-corrected chi connectivity index (χ1v) is 6.02. The van der Waals surface area contributed by atoms with E-state index in [1.54, 1.807) is 6.07 Å². The Balaban J connectivity index is 2.98. The number of ether oxygens (including phenoxy) is 1. The Morgan fingerprint density at radius 3 is 2.24 bits per heavy atom. The molecule has 17 heavy (non-hydrogen) atoms. The summed E-state index contributed by atoms with van der Waals surface area (Å²) in [6, 6.07) is 1.67. The molecule has 4 heteroatoms. The molecule has 0 radical (unpaired) electrons. The van der Waals surface area contributed by atoms with Crippen LogP contribution < -0.4 is 10.5 Å². The molecule has 1 unspecified atom stereocenters. The summed E-state index contributed by atoms with van der Waals surface area (Å²) in [5, 5.41) is 0. The number of hydrogen-bond donors (Lipinski definition) is 1. The van der Waals surface area contributed by atoms with Gasteiger partial charge in [0.15, 0.2) is 0 Å². The first-order chi connectivity index (χ1) is 7.70. The highest BCUT2D eigenvalue weighted by Gasteiger charge is 2.20. The zero-order chi connectivity index (χ0) is 13.2. The van der Waals surface area contributed by atoms with E-state index in [0.29, 0.717) is 23.4 Å². The lowest BCUT2D eigenvalue weighted by Gasteiger charge is -2.21. The number of hydrogen-bond acceptors (Lipinski definition) is 4. The van der Waals surface area contributed by atoms with Gasteiger partial charge in [-0.2, -0.15) is 4.98 Å². The molecule has 1 aromatic rings. The highest BCUT2D eigenvalue weighted by atomic mass is 16.5. The molecule has 1 atom stereocenters. The highest BCUT2D eigenvalue weighted by Crippen LogP contribution is 2.23. The zero-order valence-corrected chi connectivity index (χ0v) is 11.6. The topological polar surface area (TPSA) is 61.0 Å². The van der Waals surface area contributed by atoms with Crippen LogP contribution in [0.25, 0.3) is 0 Å². The molecule has 0 saturated heterocycles. The third-order valence-electron chi connectivity index (χ3n) is 2.64. The van der Waals surface area contributed by atoms with Gasteiger partial charge in [0.05, 0.1) is 6.10 Å². The van der Waals surface area contributed by atoms with Crippen LogP contribution in [0.5, 0.6) is 5.88 Å². The summed E-state index contributed by atoms with van der Waals surface area (Å²) >= 11 is 0. The largest absolute Gasteiger partial charge is 0.474 e. The van der Waals surface area contributed by atoms with Gasteiger partial charge in [-0.05, 0) is 12.8 Å². The van der Waals surface area contributed by atoms with Gasteiger partial charge in [-0.15, -0.1) is 0 Å². The summed E-state index contributed by atoms with van der Waals surface area (Å²) < 4.78 is 5.76. The molecule has 1 rings (SSSR count). The highest BCUT2D eigenvalue weighted by molar-refractivity contribution is 5.34. The van der Waals surface area contributed by atoms with Crippen LogP contribution >= 0.6 is 0 Å². The van der Waals surface area contributed by atoms with E-state index < -0.39 is 0 Å². The van der Waals surface area contributed by atoms with Gasteiger partial charge in [0.25, 0.3) is 0 Å². The summed E-state index contributed by atoms with van der Waals surface area (Å²) in [7, 11) is 0. The molecule has 1 heterocycles. The number of anilines is 1. The molecular weight excluding hydrogens is 214 g/mol. The van der Waals surface area contributed by atoms with Crippen molar-refractivity contribution in [2.24, 2.45) is 5.92 Å². The number of nitrogen functional groups attached to an aromatic ring is 1. The fourth-order valence-electron chi connectivity index (χ4n) is 1.17. The molecule has 0 amide bonds. The Kier molecular flexibility index (Phi) is 3.96. The number of rotatable bonds is 3. The maximum atomic E-state index is 5.78. The number of aromatic nitrogens is 2. The monoisotopic (exact) mass is 237 g/mol. The van der Waals surface area contributed by atoms with Crippen molar-refractivity contribution < 1.29 is 4.74 Å². The van der Waals surface area contributed by atoms with Crippen LogP contribution in [0.3, 0.4) is 0 Å². The maximum absolute atomic E-state index is 5.78. The molecule has 0 aliphatic carbocycles. The Bertz CT molecular complexity index is 383. The van der Waals surface area contributed by atoms with Crippen molar-refractivity contribution in [2.45, 2.75) is 53.1 Å². The third-order valence-corrected chi connectivity index (χ3v) is 2.64. The van der Waals surface area contributed by atoms with Crippen LogP contribution in [-0.4, -0.2) is 16.1 Å². The molecule has 96 valence electrons. The summed E-state index contributed by atoms with van der Waals surface area (Å²) in [5.74, 6) is 2.16. The minimum Gasteiger partial charge on any atom is -0.474 e. The van der Waals surface area contributed by atoms with Crippen molar-refractivity contribution in [3.63, 3.8) is 0 Å². The minimum atomic E-state index is -0.130. The van der Waals surface area contributed by atoms with Crippen LogP contribution in [0.15, 0.2) is 6.07 Å². The number of nitrogens with zero attached hydrogens (tertiary/aromatic N) is 2. The van der Waals surface area contributed by atoms with Crippen molar-refractivity contribution in [3.05, 3.63) is 11.9 Å². The first kappa shape index (κ1) is 13.7. The molecule has 0 fully saturated rings. The van der Waals surface area contributed by atoms with Crippen LogP contribution in [0.1, 0.15) is 47.4 Å². The quantitative estimate of drug-likeness (QED) is 0.878. The predicted octanol–water partition coefficient (Wildman–Crippen LogP) is 2.78. The fraction of sp³-hybridized carbons (Fsp3) is 0.692. The summed E-state index contributed by atoms with van der Waals surface area (Å²) in [5.41, 5.74) is 5.65. The lowest BCUT2D eigenvalue weighted by atomic mass is 9.96.